The third-order valence-electron chi connectivity index (χ3n) is 1.96. The van der Waals surface area contributed by atoms with E-state index in [1.54, 1.807) is 7.11 Å². The maximum absolute atomic E-state index is 8.85. The molecule has 0 radical (unpaired) electrons. The van der Waals surface area contributed by atoms with Crippen LogP contribution in [0, 0.1) is 0 Å². The van der Waals surface area contributed by atoms with Crippen molar-refractivity contribution < 1.29 is 9.84 Å². The fourth-order valence-electron chi connectivity index (χ4n) is 1.25. The minimum Gasteiger partial charge on any atom is -0.496 e. The van der Waals surface area contributed by atoms with Crippen molar-refractivity contribution >= 4 is 15.9 Å². The number of nitrogens with two attached hydrogens (primary N) is 1. The van der Waals surface area contributed by atoms with Crippen molar-refractivity contribution in [2.45, 2.75) is 12.5 Å². The van der Waals surface area contributed by atoms with E-state index in [2.05, 4.69) is 15.9 Å². The molecule has 0 fully saturated rings. The van der Waals surface area contributed by atoms with Crippen molar-refractivity contribution in [3.8, 4) is 5.75 Å². The number of methoxy groups -OCH3 is 1. The van der Waals surface area contributed by atoms with Gasteiger partial charge in [0.15, 0.2) is 0 Å². The lowest BCUT2D eigenvalue weighted by atomic mass is 10.1. The van der Waals surface area contributed by atoms with Crippen molar-refractivity contribution in [1.29, 1.82) is 0 Å². The molecule has 0 bridgehead atoms. The lowest BCUT2D eigenvalue weighted by Gasteiger charge is -2.12. The Balaban J connectivity index is 2.87. The molecule has 1 unspecified atom stereocenters. The first-order valence-electron chi connectivity index (χ1n) is 4.36. The van der Waals surface area contributed by atoms with Gasteiger partial charge in [0.05, 0.1) is 13.7 Å². The van der Waals surface area contributed by atoms with Gasteiger partial charge in [0.1, 0.15) is 5.75 Å². The molecule has 0 aliphatic carbocycles. The highest BCUT2D eigenvalue weighted by Crippen LogP contribution is 2.23. The Labute approximate surface area is 92.0 Å². The zero-order valence-electron chi connectivity index (χ0n) is 8.03. The number of hydrogen-bond acceptors (Lipinski definition) is 3. The van der Waals surface area contributed by atoms with Crippen LogP contribution in [0.4, 0.5) is 0 Å². The zero-order valence-corrected chi connectivity index (χ0v) is 9.62. The highest BCUT2D eigenvalue weighted by atomic mass is 79.9. The first-order valence-corrected chi connectivity index (χ1v) is 5.15. The summed E-state index contributed by atoms with van der Waals surface area (Å²) in [6.07, 6.45) is 0.610. The van der Waals surface area contributed by atoms with E-state index in [1.165, 1.54) is 0 Å². The Morgan fingerprint density at radius 2 is 2.29 bits per heavy atom. The molecule has 0 saturated carbocycles. The minimum atomic E-state index is -0.238. The molecule has 3 nitrogen and oxygen atoms in total. The van der Waals surface area contributed by atoms with Gasteiger partial charge in [-0.1, -0.05) is 15.9 Å². The number of hydrogen-bond donors (Lipinski definition) is 2. The molecule has 0 heterocycles. The largest absolute Gasteiger partial charge is 0.496 e. The predicted molar refractivity (Wildman–Crippen MR) is 59.5 cm³/mol. The van der Waals surface area contributed by atoms with E-state index in [-0.39, 0.29) is 12.6 Å². The molecular weight excluding hydrogens is 246 g/mol. The van der Waals surface area contributed by atoms with E-state index in [0.29, 0.717) is 6.42 Å². The Bertz CT molecular complexity index is 304. The second-order valence-corrected chi connectivity index (χ2v) is 4.02. The average molecular weight is 260 g/mol. The van der Waals surface area contributed by atoms with E-state index in [4.69, 9.17) is 15.6 Å². The fraction of sp³-hybridized carbons (Fsp3) is 0.400. The maximum atomic E-state index is 8.85. The summed E-state index contributed by atoms with van der Waals surface area (Å²) in [5, 5.41) is 8.85. The molecule has 1 rings (SSSR count). The van der Waals surface area contributed by atoms with Crippen molar-refractivity contribution in [3.63, 3.8) is 0 Å². The zero-order chi connectivity index (χ0) is 10.6. The Morgan fingerprint density at radius 1 is 1.57 bits per heavy atom. The molecule has 78 valence electrons. The van der Waals surface area contributed by atoms with Crippen molar-refractivity contribution in [1.82, 2.24) is 0 Å². The molecule has 1 aromatic rings. The Morgan fingerprint density at radius 3 is 2.86 bits per heavy atom. The molecule has 1 aromatic carbocycles. The first-order chi connectivity index (χ1) is 6.67. The van der Waals surface area contributed by atoms with E-state index < -0.39 is 0 Å². The topological polar surface area (TPSA) is 55.5 Å². The summed E-state index contributed by atoms with van der Waals surface area (Å²) < 4.78 is 6.17. The summed E-state index contributed by atoms with van der Waals surface area (Å²) in [5.41, 5.74) is 6.66. The lowest BCUT2D eigenvalue weighted by molar-refractivity contribution is 0.264. The SMILES string of the molecule is COc1ccc(Br)cc1CC(N)CO. The van der Waals surface area contributed by atoms with Gasteiger partial charge in [-0.25, -0.2) is 0 Å². The normalized spacial score (nSPS) is 12.6. The summed E-state index contributed by atoms with van der Waals surface area (Å²) in [7, 11) is 1.62. The highest BCUT2D eigenvalue weighted by molar-refractivity contribution is 9.10. The van der Waals surface area contributed by atoms with Crippen molar-refractivity contribution in [3.05, 3.63) is 28.2 Å². The van der Waals surface area contributed by atoms with Crippen LogP contribution < -0.4 is 10.5 Å². The second kappa shape index (κ2) is 5.34. The van der Waals surface area contributed by atoms with Crippen LogP contribution in [0.1, 0.15) is 5.56 Å². The molecule has 4 heteroatoms. The van der Waals surface area contributed by atoms with E-state index in [1.807, 2.05) is 18.2 Å². The number of benzene rings is 1. The number of ether oxygens (including phenoxy) is 1. The second-order valence-electron chi connectivity index (χ2n) is 3.10. The van der Waals surface area contributed by atoms with Crippen LogP contribution in [-0.2, 0) is 6.42 Å². The molecule has 3 N–H and O–H groups in total. The molecule has 0 spiro atoms. The smallest absolute Gasteiger partial charge is 0.122 e. The maximum Gasteiger partial charge on any atom is 0.122 e. The lowest BCUT2D eigenvalue weighted by Crippen LogP contribution is -2.27. The van der Waals surface area contributed by atoms with Gasteiger partial charge >= 0.3 is 0 Å². The monoisotopic (exact) mass is 259 g/mol. The van der Waals surface area contributed by atoms with Crippen LogP contribution in [0.3, 0.4) is 0 Å². The average Bonchev–Trinajstić information content (AvgIpc) is 2.18. The standard InChI is InChI=1S/C10H14BrNO2/c1-14-10-3-2-8(11)4-7(10)5-9(12)6-13/h2-4,9,13H,5-6,12H2,1H3. The third kappa shape index (κ3) is 2.97. The minimum absolute atomic E-state index is 0.0182. The summed E-state index contributed by atoms with van der Waals surface area (Å²) in [6.45, 7) is -0.0182. The summed E-state index contributed by atoms with van der Waals surface area (Å²) >= 11 is 3.38. The van der Waals surface area contributed by atoms with Gasteiger partial charge in [0.2, 0.25) is 0 Å². The number of halogens is 1. The fourth-order valence-corrected chi connectivity index (χ4v) is 1.66. The number of aliphatic hydroxyl groups is 1. The number of rotatable bonds is 4. The first kappa shape index (κ1) is 11.5. The van der Waals surface area contributed by atoms with Gasteiger partial charge in [0.25, 0.3) is 0 Å². The van der Waals surface area contributed by atoms with Crippen molar-refractivity contribution in [2.24, 2.45) is 5.73 Å². The Hall–Kier alpha value is -0.580. The van der Waals surface area contributed by atoms with E-state index in [9.17, 15) is 0 Å². The molecule has 0 amide bonds. The molecule has 0 aromatic heterocycles. The highest BCUT2D eigenvalue weighted by Gasteiger charge is 2.08. The Kier molecular flexibility index (Phi) is 4.38. The van der Waals surface area contributed by atoms with Crippen LogP contribution in [-0.4, -0.2) is 24.9 Å². The van der Waals surface area contributed by atoms with Crippen LogP contribution in [0.2, 0.25) is 0 Å². The summed E-state index contributed by atoms with van der Waals surface area (Å²) in [5.74, 6) is 0.803. The van der Waals surface area contributed by atoms with Gasteiger partial charge in [0, 0.05) is 10.5 Å². The van der Waals surface area contributed by atoms with Crippen LogP contribution in [0.15, 0.2) is 22.7 Å². The van der Waals surface area contributed by atoms with Crippen LogP contribution in [0.25, 0.3) is 0 Å². The van der Waals surface area contributed by atoms with Crippen LogP contribution in [0.5, 0.6) is 5.75 Å². The van der Waals surface area contributed by atoms with E-state index >= 15 is 0 Å². The van der Waals surface area contributed by atoms with Crippen LogP contribution >= 0.6 is 15.9 Å². The predicted octanol–water partition coefficient (Wildman–Crippen LogP) is 1.32. The molecule has 14 heavy (non-hydrogen) atoms. The van der Waals surface area contributed by atoms with Crippen molar-refractivity contribution in [2.75, 3.05) is 13.7 Å². The van der Waals surface area contributed by atoms with Gasteiger partial charge in [-0.2, -0.15) is 0 Å². The molecule has 0 aliphatic rings. The summed E-state index contributed by atoms with van der Waals surface area (Å²) in [4.78, 5) is 0. The molecule has 1 atom stereocenters. The quantitative estimate of drug-likeness (QED) is 0.858. The summed E-state index contributed by atoms with van der Waals surface area (Å²) in [6, 6.07) is 5.50. The van der Waals surface area contributed by atoms with Gasteiger partial charge < -0.3 is 15.6 Å². The van der Waals surface area contributed by atoms with Gasteiger partial charge in [-0.3, -0.25) is 0 Å². The third-order valence-corrected chi connectivity index (χ3v) is 2.45. The van der Waals surface area contributed by atoms with Gasteiger partial charge in [-0.15, -0.1) is 0 Å². The van der Waals surface area contributed by atoms with E-state index in [0.717, 1.165) is 15.8 Å². The molecule has 0 saturated heterocycles. The molecular formula is C10H14BrNO2. The number of aliphatic hydroxyl groups excluding tert-OH is 1. The van der Waals surface area contributed by atoms with Gasteiger partial charge in [-0.05, 0) is 30.2 Å². The molecule has 0 aliphatic heterocycles.